The maximum Gasteiger partial charge on any atom is 0.335 e. The summed E-state index contributed by atoms with van der Waals surface area (Å²) >= 11 is 3.20. The van der Waals surface area contributed by atoms with E-state index in [-0.39, 0.29) is 17.0 Å². The summed E-state index contributed by atoms with van der Waals surface area (Å²) in [6.45, 7) is 0. The van der Waals surface area contributed by atoms with Crippen molar-refractivity contribution < 1.29 is 19.8 Å². The van der Waals surface area contributed by atoms with Crippen LogP contribution in [0.4, 0.5) is 5.69 Å². The Hall–Kier alpha value is -2.28. The van der Waals surface area contributed by atoms with Gasteiger partial charge in [-0.15, -0.1) is 0 Å². The van der Waals surface area contributed by atoms with E-state index in [4.69, 9.17) is 5.11 Å². The monoisotopic (exact) mass is 324 g/mol. The van der Waals surface area contributed by atoms with Crippen LogP contribution in [0.1, 0.15) is 20.8 Å². The predicted octanol–water partition coefficient (Wildman–Crippen LogP) is 2.43. The predicted molar refractivity (Wildman–Crippen MR) is 71.5 cm³/mol. The topological polar surface area (TPSA) is 102 Å². The number of rotatable bonds is 3. The number of hydrogen-bond donors (Lipinski definition) is 4. The van der Waals surface area contributed by atoms with Gasteiger partial charge in [-0.05, 0) is 40.2 Å². The number of carboxylic acid groups (broad SMARTS) is 1. The lowest BCUT2D eigenvalue weighted by Crippen LogP contribution is -2.12. The lowest BCUT2D eigenvalue weighted by molar-refractivity contribution is 0.0696. The normalized spacial score (nSPS) is 10.2. The average molecular weight is 325 g/mol. The summed E-state index contributed by atoms with van der Waals surface area (Å²) < 4.78 is 0.725. The molecule has 0 bridgehead atoms. The highest BCUT2D eigenvalue weighted by Gasteiger charge is 2.12. The number of carbonyl (C=O) groups is 2. The Morgan fingerprint density at radius 1 is 1.26 bits per heavy atom. The highest BCUT2D eigenvalue weighted by Crippen LogP contribution is 2.25. The van der Waals surface area contributed by atoms with Crippen LogP contribution in [0, 0.1) is 0 Å². The van der Waals surface area contributed by atoms with Gasteiger partial charge in [-0.2, -0.15) is 0 Å². The molecule has 2 aromatic rings. The third kappa shape index (κ3) is 2.94. The summed E-state index contributed by atoms with van der Waals surface area (Å²) in [7, 11) is 0. The number of aromatic carboxylic acids is 1. The first-order chi connectivity index (χ1) is 8.97. The van der Waals surface area contributed by atoms with Crippen molar-refractivity contribution in [2.75, 3.05) is 5.32 Å². The molecule has 0 spiro atoms. The quantitative estimate of drug-likeness (QED) is 0.651. The second-order valence-corrected chi connectivity index (χ2v) is 4.64. The van der Waals surface area contributed by atoms with Crippen LogP contribution < -0.4 is 5.32 Å². The Kier molecular flexibility index (Phi) is 3.57. The number of amides is 1. The maximum absolute atomic E-state index is 11.8. The largest absolute Gasteiger partial charge is 0.506 e. The minimum atomic E-state index is -1.15. The second kappa shape index (κ2) is 5.15. The molecule has 98 valence electrons. The van der Waals surface area contributed by atoms with Gasteiger partial charge in [0.15, 0.2) is 0 Å². The highest BCUT2D eigenvalue weighted by atomic mass is 79.9. The van der Waals surface area contributed by atoms with E-state index >= 15 is 0 Å². The molecule has 19 heavy (non-hydrogen) atoms. The van der Waals surface area contributed by atoms with Gasteiger partial charge in [0.1, 0.15) is 11.4 Å². The van der Waals surface area contributed by atoms with Gasteiger partial charge in [0, 0.05) is 10.7 Å². The van der Waals surface area contributed by atoms with E-state index in [1.807, 2.05) is 0 Å². The van der Waals surface area contributed by atoms with Gasteiger partial charge in [0.05, 0.1) is 11.3 Å². The third-order valence-corrected chi connectivity index (χ3v) is 2.84. The van der Waals surface area contributed by atoms with E-state index in [0.29, 0.717) is 5.69 Å². The summed E-state index contributed by atoms with van der Waals surface area (Å²) in [5.41, 5.74) is 0.396. The molecule has 0 radical (unpaired) electrons. The van der Waals surface area contributed by atoms with Crippen LogP contribution >= 0.6 is 15.9 Å². The fraction of sp³-hybridized carbons (Fsp3) is 0. The van der Waals surface area contributed by atoms with E-state index in [2.05, 4.69) is 26.2 Å². The zero-order valence-electron chi connectivity index (χ0n) is 9.48. The van der Waals surface area contributed by atoms with Crippen molar-refractivity contribution in [2.45, 2.75) is 0 Å². The molecule has 1 aromatic heterocycles. The molecule has 0 aliphatic carbocycles. The van der Waals surface area contributed by atoms with E-state index in [0.717, 1.165) is 10.5 Å². The molecule has 0 saturated heterocycles. The lowest BCUT2D eigenvalue weighted by atomic mass is 10.2. The first kappa shape index (κ1) is 13.2. The molecular formula is C12H9BrN2O4. The molecular weight excluding hydrogens is 316 g/mol. The van der Waals surface area contributed by atoms with Gasteiger partial charge in [0.2, 0.25) is 0 Å². The van der Waals surface area contributed by atoms with Crippen LogP contribution in [-0.4, -0.2) is 27.1 Å². The number of anilines is 1. The SMILES string of the molecule is O=C(O)c1ccc(NC(=O)c2cc(Br)c[nH]2)c(O)c1. The number of aromatic nitrogens is 1. The molecule has 4 N–H and O–H groups in total. The molecule has 0 fully saturated rings. The van der Waals surface area contributed by atoms with Crippen molar-refractivity contribution in [3.63, 3.8) is 0 Å². The molecule has 0 aliphatic rings. The number of hydrogen-bond acceptors (Lipinski definition) is 3. The number of halogens is 1. The summed E-state index contributed by atoms with van der Waals surface area (Å²) in [6.07, 6.45) is 1.60. The van der Waals surface area contributed by atoms with E-state index < -0.39 is 11.9 Å². The average Bonchev–Trinajstić information content (AvgIpc) is 2.78. The molecule has 0 unspecified atom stereocenters. The molecule has 1 aromatic carbocycles. The Balaban J connectivity index is 2.20. The Bertz CT molecular complexity index is 651. The molecule has 2 rings (SSSR count). The van der Waals surface area contributed by atoms with Gasteiger partial charge >= 0.3 is 5.97 Å². The van der Waals surface area contributed by atoms with Gasteiger partial charge in [-0.1, -0.05) is 0 Å². The number of phenolic OH excluding ortho intramolecular Hbond substituents is 1. The van der Waals surface area contributed by atoms with E-state index in [1.165, 1.54) is 12.1 Å². The van der Waals surface area contributed by atoms with E-state index in [9.17, 15) is 14.7 Å². The van der Waals surface area contributed by atoms with Crippen LogP contribution in [0.5, 0.6) is 5.75 Å². The molecule has 0 atom stereocenters. The number of phenols is 1. The van der Waals surface area contributed by atoms with Crippen LogP contribution in [0.3, 0.4) is 0 Å². The molecule has 1 heterocycles. The van der Waals surface area contributed by atoms with E-state index in [1.54, 1.807) is 12.3 Å². The van der Waals surface area contributed by atoms with Gasteiger partial charge < -0.3 is 20.5 Å². The number of benzene rings is 1. The third-order valence-electron chi connectivity index (χ3n) is 2.39. The second-order valence-electron chi connectivity index (χ2n) is 3.72. The summed E-state index contributed by atoms with van der Waals surface area (Å²) in [5, 5.41) is 20.9. The standard InChI is InChI=1S/C12H9BrN2O4/c13-7-4-9(14-5-7)11(17)15-8-2-1-6(12(18)19)3-10(8)16/h1-5,14,16H,(H,15,17)(H,18,19). The fourth-order valence-corrected chi connectivity index (χ4v) is 1.80. The number of carboxylic acids is 1. The Morgan fingerprint density at radius 2 is 2.00 bits per heavy atom. The zero-order valence-corrected chi connectivity index (χ0v) is 11.1. The van der Waals surface area contributed by atoms with Crippen LogP contribution in [0.2, 0.25) is 0 Å². The number of aromatic amines is 1. The van der Waals surface area contributed by atoms with Crippen molar-refractivity contribution in [2.24, 2.45) is 0 Å². The summed E-state index contributed by atoms with van der Waals surface area (Å²) in [6, 6.07) is 5.28. The minimum absolute atomic E-state index is 0.0573. The molecule has 1 amide bonds. The Morgan fingerprint density at radius 3 is 2.53 bits per heavy atom. The molecule has 0 saturated carbocycles. The first-order valence-corrected chi connectivity index (χ1v) is 5.98. The Labute approximate surface area is 116 Å². The highest BCUT2D eigenvalue weighted by molar-refractivity contribution is 9.10. The van der Waals surface area contributed by atoms with Crippen molar-refractivity contribution in [3.05, 3.63) is 46.2 Å². The molecule has 7 heteroatoms. The lowest BCUT2D eigenvalue weighted by Gasteiger charge is -2.06. The van der Waals surface area contributed by atoms with Crippen LogP contribution in [-0.2, 0) is 0 Å². The van der Waals surface area contributed by atoms with Crippen LogP contribution in [0.25, 0.3) is 0 Å². The van der Waals surface area contributed by atoms with Crippen molar-refractivity contribution in [1.29, 1.82) is 0 Å². The fourth-order valence-electron chi connectivity index (χ4n) is 1.46. The summed E-state index contributed by atoms with van der Waals surface area (Å²) in [5.74, 6) is -1.90. The molecule has 0 aliphatic heterocycles. The number of H-pyrrole nitrogens is 1. The smallest absolute Gasteiger partial charge is 0.335 e. The summed E-state index contributed by atoms with van der Waals surface area (Å²) in [4.78, 5) is 25.2. The number of nitrogens with one attached hydrogen (secondary N) is 2. The number of carbonyl (C=O) groups excluding carboxylic acids is 1. The maximum atomic E-state index is 11.8. The first-order valence-electron chi connectivity index (χ1n) is 5.19. The minimum Gasteiger partial charge on any atom is -0.506 e. The van der Waals surface area contributed by atoms with Gasteiger partial charge in [-0.3, -0.25) is 4.79 Å². The number of aromatic hydroxyl groups is 1. The van der Waals surface area contributed by atoms with Gasteiger partial charge in [-0.25, -0.2) is 4.79 Å². The van der Waals surface area contributed by atoms with Crippen molar-refractivity contribution in [1.82, 2.24) is 4.98 Å². The van der Waals surface area contributed by atoms with Crippen molar-refractivity contribution in [3.8, 4) is 5.75 Å². The van der Waals surface area contributed by atoms with Crippen molar-refractivity contribution >= 4 is 33.5 Å². The molecule has 6 nitrogen and oxygen atoms in total. The van der Waals surface area contributed by atoms with Gasteiger partial charge in [0.25, 0.3) is 5.91 Å². The zero-order chi connectivity index (χ0) is 14.0. The van der Waals surface area contributed by atoms with Crippen LogP contribution in [0.15, 0.2) is 34.9 Å².